The quantitative estimate of drug-likeness (QED) is 0.500. The van der Waals surface area contributed by atoms with Gasteiger partial charge in [0.1, 0.15) is 0 Å². The van der Waals surface area contributed by atoms with E-state index in [2.05, 4.69) is 10.3 Å². The molecule has 1 heterocycles. The fraction of sp³-hybridized carbons (Fsp3) is 0.261. The average molecular weight is 457 g/mol. The number of para-hydroxylation sites is 1. The smallest absolute Gasteiger partial charge is 0.243 e. The fourth-order valence-corrected chi connectivity index (χ4v) is 4.33. The second kappa shape index (κ2) is 10.5. The van der Waals surface area contributed by atoms with Crippen LogP contribution in [0.25, 0.3) is 5.69 Å². The molecule has 0 radical (unpaired) electrons. The lowest BCUT2D eigenvalue weighted by atomic mass is 10.1. The van der Waals surface area contributed by atoms with E-state index in [1.165, 1.54) is 16.7 Å². The molecule has 0 saturated carbocycles. The van der Waals surface area contributed by atoms with E-state index in [0.29, 0.717) is 10.2 Å². The van der Waals surface area contributed by atoms with Gasteiger partial charge in [0.25, 0.3) is 0 Å². The van der Waals surface area contributed by atoms with Gasteiger partial charge in [-0.2, -0.15) is 0 Å². The number of carbonyl (C=O) groups excluding carboxylic acids is 2. The van der Waals surface area contributed by atoms with Crippen molar-refractivity contribution in [1.82, 2.24) is 14.5 Å². The first-order valence-electron chi connectivity index (χ1n) is 9.97. The molecule has 1 aromatic heterocycles. The largest absolute Gasteiger partial charge is 0.335 e. The van der Waals surface area contributed by atoms with Gasteiger partial charge >= 0.3 is 0 Å². The molecule has 6 nitrogen and oxygen atoms in total. The van der Waals surface area contributed by atoms with Gasteiger partial charge in [-0.25, -0.2) is 4.98 Å². The van der Waals surface area contributed by atoms with Gasteiger partial charge in [-0.05, 0) is 43.2 Å². The molecule has 0 fully saturated rings. The van der Waals surface area contributed by atoms with E-state index < -0.39 is 5.25 Å². The zero-order valence-corrected chi connectivity index (χ0v) is 19.3. The average Bonchev–Trinajstić information content (AvgIpc) is 3.21. The summed E-state index contributed by atoms with van der Waals surface area (Å²) in [6, 6.07) is 15.1. The highest BCUT2D eigenvalue weighted by molar-refractivity contribution is 8.00. The molecule has 31 heavy (non-hydrogen) atoms. The topological polar surface area (TPSA) is 67.2 Å². The maximum absolute atomic E-state index is 12.8. The van der Waals surface area contributed by atoms with Gasteiger partial charge in [-0.1, -0.05) is 54.6 Å². The maximum atomic E-state index is 12.8. The van der Waals surface area contributed by atoms with Crippen molar-refractivity contribution in [2.24, 2.45) is 0 Å². The summed E-state index contributed by atoms with van der Waals surface area (Å²) >= 11 is 7.44. The predicted octanol–water partition coefficient (Wildman–Crippen LogP) is 4.67. The third-order valence-corrected chi connectivity index (χ3v) is 6.06. The van der Waals surface area contributed by atoms with E-state index in [-0.39, 0.29) is 18.4 Å². The monoisotopic (exact) mass is 456 g/mol. The normalized spacial score (nSPS) is 11.7. The Morgan fingerprint density at radius 2 is 2.00 bits per heavy atom. The Hall–Kier alpha value is -2.77. The van der Waals surface area contributed by atoms with Crippen molar-refractivity contribution in [3.63, 3.8) is 0 Å². The summed E-state index contributed by atoms with van der Waals surface area (Å²) in [5, 5.41) is 3.79. The van der Waals surface area contributed by atoms with Gasteiger partial charge in [0.2, 0.25) is 11.8 Å². The molecule has 8 heteroatoms. The van der Waals surface area contributed by atoms with Crippen LogP contribution in [0.15, 0.2) is 66.1 Å². The lowest BCUT2D eigenvalue weighted by Crippen LogP contribution is -2.39. The zero-order chi connectivity index (χ0) is 22.4. The molecular weight excluding hydrogens is 432 g/mol. The molecule has 0 aliphatic rings. The van der Waals surface area contributed by atoms with Crippen LogP contribution >= 0.6 is 23.4 Å². The van der Waals surface area contributed by atoms with E-state index >= 15 is 0 Å². The van der Waals surface area contributed by atoms with Crippen molar-refractivity contribution in [2.75, 3.05) is 18.9 Å². The van der Waals surface area contributed by atoms with Crippen molar-refractivity contribution in [1.29, 1.82) is 0 Å². The van der Waals surface area contributed by atoms with Crippen molar-refractivity contribution in [3.05, 3.63) is 71.5 Å². The summed E-state index contributed by atoms with van der Waals surface area (Å²) in [6.45, 7) is 3.82. The number of hydrogen-bond acceptors (Lipinski definition) is 4. The third-order valence-electron chi connectivity index (χ3n) is 4.75. The summed E-state index contributed by atoms with van der Waals surface area (Å²) < 4.78 is 1.88. The lowest BCUT2D eigenvalue weighted by Gasteiger charge is -2.21. The Kier molecular flexibility index (Phi) is 7.76. The molecule has 1 atom stereocenters. The molecule has 2 amide bonds. The Morgan fingerprint density at radius 1 is 1.23 bits per heavy atom. The molecule has 0 bridgehead atoms. The molecular formula is C23H25ClN4O2S. The minimum atomic E-state index is -0.416. The summed E-state index contributed by atoms with van der Waals surface area (Å²) in [7, 11) is 1.63. The molecule has 162 valence electrons. The third kappa shape index (κ3) is 5.89. The number of nitrogens with one attached hydrogen (secondary N) is 1. The van der Waals surface area contributed by atoms with Crippen molar-refractivity contribution >= 4 is 40.9 Å². The lowest BCUT2D eigenvalue weighted by molar-refractivity contribution is -0.132. The predicted molar refractivity (Wildman–Crippen MR) is 126 cm³/mol. The molecule has 3 rings (SSSR count). The van der Waals surface area contributed by atoms with Crippen molar-refractivity contribution in [3.8, 4) is 5.69 Å². The highest BCUT2D eigenvalue weighted by atomic mass is 35.5. The molecule has 0 aliphatic carbocycles. The van der Waals surface area contributed by atoms with Crippen LogP contribution in [0.3, 0.4) is 0 Å². The second-order valence-electron chi connectivity index (χ2n) is 7.07. The summed E-state index contributed by atoms with van der Waals surface area (Å²) in [5.74, 6) is -0.376. The highest BCUT2D eigenvalue weighted by Gasteiger charge is 2.23. The minimum absolute atomic E-state index is 0.0233. The van der Waals surface area contributed by atoms with Gasteiger partial charge < -0.3 is 10.2 Å². The molecule has 3 aromatic rings. The van der Waals surface area contributed by atoms with Crippen molar-refractivity contribution in [2.45, 2.75) is 30.7 Å². The second-order valence-corrected chi connectivity index (χ2v) is 8.82. The number of thioether (sulfide) groups is 1. The number of amides is 2. The van der Waals surface area contributed by atoms with Crippen LogP contribution < -0.4 is 5.32 Å². The van der Waals surface area contributed by atoms with E-state index in [0.717, 1.165) is 23.4 Å². The Balaban J connectivity index is 1.61. The number of rotatable bonds is 8. The number of aromatic nitrogens is 2. The van der Waals surface area contributed by atoms with Gasteiger partial charge in [-0.3, -0.25) is 14.2 Å². The van der Waals surface area contributed by atoms with Crippen LogP contribution in [0.4, 0.5) is 5.69 Å². The number of anilines is 1. The van der Waals surface area contributed by atoms with Crippen LogP contribution in [-0.4, -0.2) is 45.1 Å². The first kappa shape index (κ1) is 22.9. The van der Waals surface area contributed by atoms with Crippen molar-refractivity contribution < 1.29 is 9.59 Å². The molecule has 0 spiro atoms. The number of imidazole rings is 1. The van der Waals surface area contributed by atoms with Crippen LogP contribution in [-0.2, 0) is 16.0 Å². The molecule has 0 aliphatic heterocycles. The van der Waals surface area contributed by atoms with Crippen LogP contribution in [0.1, 0.15) is 19.4 Å². The summed E-state index contributed by atoms with van der Waals surface area (Å²) in [6.07, 6.45) is 4.33. The standard InChI is InChI=1S/C23H25ClN4O2S/c1-4-17-8-5-6-11-20(17)26-21(29)15-27(3)22(30)16(2)31-23-25-12-13-28(23)19-10-7-9-18(24)14-19/h5-14,16H,4,15H2,1-3H3,(H,26,29). The molecule has 1 unspecified atom stereocenters. The zero-order valence-electron chi connectivity index (χ0n) is 17.7. The first-order valence-corrected chi connectivity index (χ1v) is 11.2. The number of hydrogen-bond donors (Lipinski definition) is 1. The van der Waals surface area contributed by atoms with Crippen LogP contribution in [0, 0.1) is 0 Å². The molecule has 0 saturated heterocycles. The number of carbonyl (C=O) groups is 2. The van der Waals surface area contributed by atoms with E-state index in [1.54, 1.807) is 19.3 Å². The number of aryl methyl sites for hydroxylation is 1. The number of benzene rings is 2. The van der Waals surface area contributed by atoms with Crippen LogP contribution in [0.5, 0.6) is 0 Å². The Morgan fingerprint density at radius 3 is 2.74 bits per heavy atom. The van der Waals surface area contributed by atoms with Crippen LogP contribution in [0.2, 0.25) is 5.02 Å². The Labute approximate surface area is 191 Å². The van der Waals surface area contributed by atoms with Gasteiger partial charge in [0.05, 0.1) is 11.8 Å². The first-order chi connectivity index (χ1) is 14.9. The van der Waals surface area contributed by atoms with Gasteiger partial charge in [-0.15, -0.1) is 0 Å². The van der Waals surface area contributed by atoms with Gasteiger partial charge in [0.15, 0.2) is 5.16 Å². The van der Waals surface area contributed by atoms with E-state index in [4.69, 9.17) is 11.6 Å². The number of likely N-dealkylation sites (N-methyl/N-ethyl adjacent to an activating group) is 1. The number of nitrogens with zero attached hydrogens (tertiary/aromatic N) is 3. The minimum Gasteiger partial charge on any atom is -0.335 e. The summed E-state index contributed by atoms with van der Waals surface area (Å²) in [4.78, 5) is 31.1. The molecule has 1 N–H and O–H groups in total. The number of halogens is 1. The SMILES string of the molecule is CCc1ccccc1NC(=O)CN(C)C(=O)C(C)Sc1nccn1-c1cccc(Cl)c1. The maximum Gasteiger partial charge on any atom is 0.243 e. The Bertz CT molecular complexity index is 1070. The summed E-state index contributed by atoms with van der Waals surface area (Å²) in [5.41, 5.74) is 2.71. The molecule has 2 aromatic carbocycles. The highest BCUT2D eigenvalue weighted by Crippen LogP contribution is 2.26. The fourth-order valence-electron chi connectivity index (χ4n) is 3.15. The van der Waals surface area contributed by atoms with E-state index in [9.17, 15) is 9.59 Å². The van der Waals surface area contributed by atoms with Gasteiger partial charge in [0, 0.05) is 35.8 Å². The van der Waals surface area contributed by atoms with E-state index in [1.807, 2.05) is 67.1 Å².